The maximum Gasteiger partial charge on any atom is 0.173 e. The fourth-order valence-corrected chi connectivity index (χ4v) is 1.12. The van der Waals surface area contributed by atoms with Gasteiger partial charge in [0.05, 0.1) is 10.2 Å². The van der Waals surface area contributed by atoms with Crippen LogP contribution in [-0.2, 0) is 0 Å². The molecule has 66 valence electrons. The van der Waals surface area contributed by atoms with Gasteiger partial charge in [0.25, 0.3) is 0 Å². The first-order valence-electron chi connectivity index (χ1n) is 2.91. The van der Waals surface area contributed by atoms with Crippen molar-refractivity contribution in [3.63, 3.8) is 0 Å². The van der Waals surface area contributed by atoms with Crippen molar-refractivity contribution in [2.45, 2.75) is 0 Å². The predicted octanol–water partition coefficient (Wildman–Crippen LogP) is 2.53. The highest BCUT2D eigenvalue weighted by molar-refractivity contribution is 9.10. The summed E-state index contributed by atoms with van der Waals surface area (Å²) in [5.41, 5.74) is 3.15. The molecule has 0 aliphatic heterocycles. The molecule has 0 radical (unpaired) electrons. The molecule has 0 saturated heterocycles. The summed E-state index contributed by atoms with van der Waals surface area (Å²) in [5.74, 6) is -2.05. The van der Waals surface area contributed by atoms with E-state index < -0.39 is 11.6 Å². The summed E-state index contributed by atoms with van der Waals surface area (Å²) < 4.78 is 36.5. The van der Waals surface area contributed by atoms with Gasteiger partial charge in [0.2, 0.25) is 0 Å². The Morgan fingerprint density at radius 2 is 1.92 bits per heavy atom. The summed E-state index contributed by atoms with van der Waals surface area (Å²) >= 11 is 2.76. The Morgan fingerprint density at radius 3 is 2.42 bits per heavy atom. The SMILES string of the molecule is FNNc1cc(F)c(F)c(Br)c1. The van der Waals surface area contributed by atoms with Crippen LogP contribution in [0.15, 0.2) is 16.6 Å². The standard InChI is InChI=1S/C6H4BrF3N2/c7-4-1-3(11-12-10)2-5(8)6(4)9/h1-2,11-12H. The van der Waals surface area contributed by atoms with Crippen LogP contribution >= 0.6 is 15.9 Å². The van der Waals surface area contributed by atoms with Gasteiger partial charge in [0.15, 0.2) is 11.6 Å². The van der Waals surface area contributed by atoms with E-state index in [1.54, 1.807) is 0 Å². The number of benzene rings is 1. The van der Waals surface area contributed by atoms with Gasteiger partial charge in [-0.25, -0.2) is 8.78 Å². The molecule has 6 heteroatoms. The average Bonchev–Trinajstić information content (AvgIpc) is 2.01. The van der Waals surface area contributed by atoms with E-state index in [1.165, 1.54) is 6.07 Å². The molecule has 0 aliphatic rings. The maximum atomic E-state index is 12.6. The van der Waals surface area contributed by atoms with Crippen LogP contribution in [0.3, 0.4) is 0 Å². The third kappa shape index (κ3) is 1.89. The van der Waals surface area contributed by atoms with Crippen molar-refractivity contribution in [2.75, 3.05) is 5.43 Å². The summed E-state index contributed by atoms with van der Waals surface area (Å²) in [6, 6.07) is 2.03. The lowest BCUT2D eigenvalue weighted by Crippen LogP contribution is -2.10. The number of hydrazine groups is 1. The Bertz CT molecular complexity index is 269. The Labute approximate surface area is 74.8 Å². The zero-order valence-electron chi connectivity index (χ0n) is 5.67. The summed E-state index contributed by atoms with van der Waals surface area (Å²) in [6.45, 7) is 0. The van der Waals surface area contributed by atoms with E-state index in [4.69, 9.17) is 0 Å². The zero-order valence-corrected chi connectivity index (χ0v) is 7.25. The minimum atomic E-state index is -1.05. The first kappa shape index (κ1) is 9.34. The topological polar surface area (TPSA) is 24.1 Å². The molecular weight excluding hydrogens is 237 g/mol. The summed E-state index contributed by atoms with van der Waals surface area (Å²) in [6.07, 6.45) is 0. The molecule has 0 heterocycles. The molecule has 0 atom stereocenters. The molecule has 1 aromatic rings. The second-order valence-electron chi connectivity index (χ2n) is 1.97. The number of anilines is 1. The fourth-order valence-electron chi connectivity index (χ4n) is 0.682. The molecule has 2 N–H and O–H groups in total. The van der Waals surface area contributed by atoms with Gasteiger partial charge >= 0.3 is 0 Å². The highest BCUT2D eigenvalue weighted by atomic mass is 79.9. The van der Waals surface area contributed by atoms with Gasteiger partial charge in [-0.2, -0.15) is 0 Å². The number of nitrogens with one attached hydrogen (secondary N) is 2. The van der Waals surface area contributed by atoms with E-state index in [9.17, 15) is 13.3 Å². The van der Waals surface area contributed by atoms with Crippen LogP contribution in [0, 0.1) is 11.6 Å². The van der Waals surface area contributed by atoms with E-state index >= 15 is 0 Å². The van der Waals surface area contributed by atoms with E-state index in [-0.39, 0.29) is 10.2 Å². The third-order valence-corrected chi connectivity index (χ3v) is 1.75. The predicted molar refractivity (Wildman–Crippen MR) is 41.9 cm³/mol. The lowest BCUT2D eigenvalue weighted by Gasteiger charge is -2.03. The molecule has 0 aromatic heterocycles. The van der Waals surface area contributed by atoms with E-state index in [0.717, 1.165) is 11.7 Å². The van der Waals surface area contributed by atoms with Crippen molar-refractivity contribution in [1.82, 2.24) is 5.65 Å². The molecule has 0 fully saturated rings. The van der Waals surface area contributed by atoms with Crippen LogP contribution in [0.5, 0.6) is 0 Å². The zero-order chi connectivity index (χ0) is 9.14. The molecule has 2 nitrogen and oxygen atoms in total. The van der Waals surface area contributed by atoms with Crippen molar-refractivity contribution in [2.24, 2.45) is 0 Å². The monoisotopic (exact) mass is 240 g/mol. The minimum Gasteiger partial charge on any atom is -0.295 e. The lowest BCUT2D eigenvalue weighted by atomic mass is 10.3. The van der Waals surface area contributed by atoms with Crippen LogP contribution in [0.1, 0.15) is 0 Å². The quantitative estimate of drug-likeness (QED) is 0.472. The minimum absolute atomic E-state index is 0.0692. The molecule has 0 aliphatic carbocycles. The third-order valence-electron chi connectivity index (χ3n) is 1.18. The maximum absolute atomic E-state index is 12.6. The molecule has 12 heavy (non-hydrogen) atoms. The normalized spacial score (nSPS) is 10.0. The Kier molecular flexibility index (Phi) is 2.93. The number of halogens is 4. The van der Waals surface area contributed by atoms with Crippen LogP contribution in [-0.4, -0.2) is 0 Å². The molecule has 0 amide bonds. The smallest absolute Gasteiger partial charge is 0.173 e. The first-order chi connectivity index (χ1) is 5.65. The molecule has 0 spiro atoms. The summed E-state index contributed by atoms with van der Waals surface area (Å²) in [7, 11) is 0. The van der Waals surface area contributed by atoms with Gasteiger partial charge in [0, 0.05) is 6.07 Å². The Balaban J connectivity index is 3.04. The van der Waals surface area contributed by atoms with E-state index in [1.807, 2.05) is 5.43 Å². The molecule has 0 bridgehead atoms. The molecule has 1 aromatic carbocycles. The molecule has 1 rings (SSSR count). The van der Waals surface area contributed by atoms with Gasteiger partial charge in [0.1, 0.15) is 0 Å². The van der Waals surface area contributed by atoms with Crippen LogP contribution in [0.4, 0.5) is 18.9 Å². The number of hydrogen-bond donors (Lipinski definition) is 2. The van der Waals surface area contributed by atoms with Crippen molar-refractivity contribution in [1.29, 1.82) is 0 Å². The van der Waals surface area contributed by atoms with Gasteiger partial charge in [-0.3, -0.25) is 5.43 Å². The fraction of sp³-hybridized carbons (Fsp3) is 0. The Morgan fingerprint density at radius 1 is 1.25 bits per heavy atom. The lowest BCUT2D eigenvalue weighted by molar-refractivity contribution is 0.375. The summed E-state index contributed by atoms with van der Waals surface area (Å²) in [4.78, 5) is 0. The number of rotatable bonds is 2. The van der Waals surface area contributed by atoms with Crippen molar-refractivity contribution in [3.05, 3.63) is 28.2 Å². The van der Waals surface area contributed by atoms with E-state index in [0.29, 0.717) is 0 Å². The van der Waals surface area contributed by atoms with Gasteiger partial charge in [-0.15, -0.1) is 4.48 Å². The van der Waals surface area contributed by atoms with Crippen LogP contribution < -0.4 is 11.1 Å². The van der Waals surface area contributed by atoms with Crippen molar-refractivity contribution >= 4 is 21.6 Å². The van der Waals surface area contributed by atoms with Crippen LogP contribution in [0.25, 0.3) is 0 Å². The second kappa shape index (κ2) is 3.77. The Hall–Kier alpha value is -0.750. The highest BCUT2D eigenvalue weighted by Crippen LogP contribution is 2.22. The van der Waals surface area contributed by atoms with Crippen molar-refractivity contribution < 1.29 is 13.3 Å². The molecular formula is C6H4BrF3N2. The average molecular weight is 241 g/mol. The van der Waals surface area contributed by atoms with Crippen LogP contribution in [0.2, 0.25) is 0 Å². The van der Waals surface area contributed by atoms with Gasteiger partial charge in [-0.1, -0.05) is 5.65 Å². The summed E-state index contributed by atoms with van der Waals surface area (Å²) in [5, 5.41) is 0. The number of hydrogen-bond acceptors (Lipinski definition) is 2. The van der Waals surface area contributed by atoms with Gasteiger partial charge < -0.3 is 0 Å². The van der Waals surface area contributed by atoms with Gasteiger partial charge in [-0.05, 0) is 22.0 Å². The molecule has 0 saturated carbocycles. The second-order valence-corrected chi connectivity index (χ2v) is 2.83. The van der Waals surface area contributed by atoms with E-state index in [2.05, 4.69) is 15.9 Å². The van der Waals surface area contributed by atoms with Crippen molar-refractivity contribution in [3.8, 4) is 0 Å². The largest absolute Gasteiger partial charge is 0.295 e. The highest BCUT2D eigenvalue weighted by Gasteiger charge is 2.07. The first-order valence-corrected chi connectivity index (χ1v) is 3.70. The molecule has 0 unspecified atom stereocenters.